The van der Waals surface area contributed by atoms with Crippen molar-refractivity contribution in [1.82, 2.24) is 0 Å². The molecule has 24 heavy (non-hydrogen) atoms. The van der Waals surface area contributed by atoms with Crippen molar-refractivity contribution in [1.29, 1.82) is 0 Å². The van der Waals surface area contributed by atoms with Gasteiger partial charge < -0.3 is 0 Å². The zero-order valence-electron chi connectivity index (χ0n) is 16.3. The number of rotatable bonds is 0. The molecule has 132 valence electrons. The first kappa shape index (κ1) is 17.8. The van der Waals surface area contributed by atoms with E-state index in [1.54, 1.807) is 5.57 Å². The minimum atomic E-state index is 0.434. The van der Waals surface area contributed by atoms with Crippen molar-refractivity contribution in [2.24, 2.45) is 40.9 Å². The summed E-state index contributed by atoms with van der Waals surface area (Å²) < 4.78 is 0. The number of allylic oxidation sites excluding steroid dienone is 3. The van der Waals surface area contributed by atoms with Crippen LogP contribution in [0.2, 0.25) is 0 Å². The van der Waals surface area contributed by atoms with Crippen LogP contribution in [0, 0.1) is 53.3 Å². The Morgan fingerprint density at radius 2 is 1.96 bits per heavy atom. The molecule has 0 aromatic heterocycles. The summed E-state index contributed by atoms with van der Waals surface area (Å²) in [7, 11) is 0. The molecule has 0 amide bonds. The smallest absolute Gasteiger partial charge is 0.0256 e. The fourth-order valence-electron chi connectivity index (χ4n) is 6.96. The molecule has 0 heterocycles. The van der Waals surface area contributed by atoms with Crippen molar-refractivity contribution in [3.63, 3.8) is 0 Å². The molecule has 7 unspecified atom stereocenters. The van der Waals surface area contributed by atoms with Gasteiger partial charge in [0.15, 0.2) is 0 Å². The summed E-state index contributed by atoms with van der Waals surface area (Å²) in [6, 6.07) is 0. The molecule has 4 aliphatic rings. The summed E-state index contributed by atoms with van der Waals surface area (Å²) in [5.74, 6) is 8.12. The average Bonchev–Trinajstić information content (AvgIpc) is 2.92. The maximum absolute atomic E-state index is 5.88. The third-order valence-corrected chi connectivity index (χ3v) is 7.96. The van der Waals surface area contributed by atoms with Gasteiger partial charge in [0, 0.05) is 5.92 Å². The van der Waals surface area contributed by atoms with Gasteiger partial charge in [-0.15, -0.1) is 12.3 Å². The van der Waals surface area contributed by atoms with E-state index in [9.17, 15) is 0 Å². The lowest BCUT2D eigenvalue weighted by atomic mass is 9.49. The van der Waals surface area contributed by atoms with Crippen LogP contribution >= 0.6 is 0 Å². The highest BCUT2D eigenvalue weighted by atomic mass is 14.6. The van der Waals surface area contributed by atoms with Crippen molar-refractivity contribution in [2.45, 2.75) is 72.6 Å². The first-order chi connectivity index (χ1) is 11.5. The molecule has 0 heteroatoms. The molecule has 0 bridgehead atoms. The summed E-state index contributed by atoms with van der Waals surface area (Å²) in [4.78, 5) is 0. The highest BCUT2D eigenvalue weighted by molar-refractivity contribution is 5.30. The van der Waals surface area contributed by atoms with Crippen molar-refractivity contribution in [2.75, 3.05) is 0 Å². The zero-order valence-corrected chi connectivity index (χ0v) is 16.3. The predicted molar refractivity (Wildman–Crippen MR) is 104 cm³/mol. The third kappa shape index (κ3) is 2.60. The van der Waals surface area contributed by atoms with Gasteiger partial charge in [-0.3, -0.25) is 0 Å². The lowest BCUT2D eigenvalue weighted by molar-refractivity contribution is -0.0374. The summed E-state index contributed by atoms with van der Waals surface area (Å²) in [5.41, 5.74) is 3.54. The molecule has 4 rings (SSSR count). The van der Waals surface area contributed by atoms with E-state index in [1.807, 2.05) is 13.8 Å². The molecule has 0 N–H and O–H groups in total. The molecule has 0 saturated heterocycles. The fraction of sp³-hybridized carbons (Fsp3) is 0.750. The predicted octanol–water partition coefficient (Wildman–Crippen LogP) is 6.64. The van der Waals surface area contributed by atoms with Gasteiger partial charge in [0.1, 0.15) is 0 Å². The summed E-state index contributed by atoms with van der Waals surface area (Å²) in [5, 5.41) is 0. The van der Waals surface area contributed by atoms with Crippen LogP contribution in [0.4, 0.5) is 0 Å². The maximum atomic E-state index is 5.88. The number of hydrogen-bond donors (Lipinski definition) is 0. The third-order valence-electron chi connectivity index (χ3n) is 7.96. The van der Waals surface area contributed by atoms with E-state index in [0.717, 1.165) is 29.6 Å². The Hall–Kier alpha value is -0.960. The fourth-order valence-corrected chi connectivity index (χ4v) is 6.96. The Kier molecular flexibility index (Phi) is 5.01. The summed E-state index contributed by atoms with van der Waals surface area (Å²) in [6.45, 7) is 13.3. The van der Waals surface area contributed by atoms with Crippen LogP contribution in [-0.2, 0) is 0 Å². The minimum absolute atomic E-state index is 0.434. The van der Waals surface area contributed by atoms with E-state index in [0.29, 0.717) is 11.3 Å². The van der Waals surface area contributed by atoms with E-state index >= 15 is 0 Å². The van der Waals surface area contributed by atoms with Gasteiger partial charge in [-0.1, -0.05) is 51.5 Å². The van der Waals surface area contributed by atoms with Gasteiger partial charge in [0.2, 0.25) is 0 Å². The Bertz CT molecular complexity index is 559. The molecule has 0 aliphatic heterocycles. The van der Waals surface area contributed by atoms with E-state index in [1.165, 1.54) is 50.5 Å². The van der Waals surface area contributed by atoms with Crippen LogP contribution < -0.4 is 0 Å². The van der Waals surface area contributed by atoms with E-state index in [4.69, 9.17) is 6.42 Å². The van der Waals surface area contributed by atoms with Gasteiger partial charge >= 0.3 is 0 Å². The molecule has 3 fully saturated rings. The molecule has 0 nitrogen and oxygen atoms in total. The molecule has 0 aromatic carbocycles. The molecule has 0 spiro atoms. The maximum Gasteiger partial charge on any atom is 0.0256 e. The molecule has 7 atom stereocenters. The normalized spacial score (nSPS) is 46.5. The van der Waals surface area contributed by atoms with Crippen LogP contribution in [0.5, 0.6) is 0 Å². The van der Waals surface area contributed by atoms with Crippen molar-refractivity contribution in [3.05, 3.63) is 23.8 Å². The molecule has 0 aromatic rings. The van der Waals surface area contributed by atoms with E-state index in [-0.39, 0.29) is 0 Å². The molecule has 3 saturated carbocycles. The number of terminal acetylenes is 1. The van der Waals surface area contributed by atoms with Gasteiger partial charge in [0.25, 0.3) is 0 Å². The summed E-state index contributed by atoms with van der Waals surface area (Å²) >= 11 is 0. The summed E-state index contributed by atoms with van der Waals surface area (Å²) in [6.07, 6.45) is 17.7. The first-order valence-electron chi connectivity index (χ1n) is 10.4. The van der Waals surface area contributed by atoms with Gasteiger partial charge in [-0.05, 0) is 80.0 Å². The second-order valence-corrected chi connectivity index (χ2v) is 8.89. The van der Waals surface area contributed by atoms with Crippen molar-refractivity contribution in [3.8, 4) is 12.3 Å². The second kappa shape index (κ2) is 6.74. The van der Waals surface area contributed by atoms with Crippen LogP contribution in [0.3, 0.4) is 0 Å². The number of fused-ring (bicyclic) bond motifs is 5. The number of hydrogen-bond acceptors (Lipinski definition) is 0. The Morgan fingerprint density at radius 3 is 2.67 bits per heavy atom. The van der Waals surface area contributed by atoms with Crippen LogP contribution in [0.25, 0.3) is 0 Å². The zero-order chi connectivity index (χ0) is 17.5. The van der Waals surface area contributed by atoms with Gasteiger partial charge in [0.05, 0.1) is 0 Å². The lowest BCUT2D eigenvalue weighted by Crippen LogP contribution is -2.49. The Morgan fingerprint density at radius 1 is 1.21 bits per heavy atom. The van der Waals surface area contributed by atoms with Crippen molar-refractivity contribution < 1.29 is 0 Å². The SMILES string of the molecule is C#CC1CCC2C3C(C)CC4=CC(=C)CCC4C3CCC12C.CC. The van der Waals surface area contributed by atoms with Crippen molar-refractivity contribution >= 4 is 0 Å². The van der Waals surface area contributed by atoms with Gasteiger partial charge in [-0.25, -0.2) is 0 Å². The van der Waals surface area contributed by atoms with Gasteiger partial charge in [-0.2, -0.15) is 0 Å². The Labute approximate surface area is 150 Å². The average molecular weight is 325 g/mol. The molecular formula is C24H36. The van der Waals surface area contributed by atoms with E-state index < -0.39 is 0 Å². The largest absolute Gasteiger partial charge is 0.120 e. The first-order valence-corrected chi connectivity index (χ1v) is 10.4. The Balaban J connectivity index is 0.000000815. The standard InChI is InChI=1S/C22H30.C2H6/c1-5-17-7-9-20-21-15(3)13-16-12-14(2)6-8-18(16)19(21)10-11-22(17,20)4;1-2/h1,12,15,17-21H,2,6-11,13H2,3-4H3;1-2H3. The molecular weight excluding hydrogens is 288 g/mol. The molecule has 0 radical (unpaired) electrons. The quantitative estimate of drug-likeness (QED) is 0.438. The van der Waals surface area contributed by atoms with Crippen LogP contribution in [0.15, 0.2) is 23.8 Å². The van der Waals surface area contributed by atoms with Crippen LogP contribution in [0.1, 0.15) is 72.6 Å². The highest BCUT2D eigenvalue weighted by Crippen LogP contribution is 2.64. The highest BCUT2D eigenvalue weighted by Gasteiger charge is 2.57. The molecule has 4 aliphatic carbocycles. The monoisotopic (exact) mass is 324 g/mol. The topological polar surface area (TPSA) is 0 Å². The second-order valence-electron chi connectivity index (χ2n) is 8.89. The van der Waals surface area contributed by atoms with E-state index in [2.05, 4.69) is 32.4 Å². The minimum Gasteiger partial charge on any atom is -0.120 e. The lowest BCUT2D eigenvalue weighted by Gasteiger charge is -2.56. The van der Waals surface area contributed by atoms with Crippen LogP contribution in [-0.4, -0.2) is 0 Å².